The number of halogens is 3. The van der Waals surface area contributed by atoms with Gasteiger partial charge in [-0.2, -0.15) is 0 Å². The van der Waals surface area contributed by atoms with Crippen molar-refractivity contribution in [2.24, 2.45) is 0 Å². The minimum atomic E-state index is -1.20. The molecule has 2 amide bonds. The Kier molecular flexibility index (Phi) is 9.95. The molecule has 4 aromatic rings. The van der Waals surface area contributed by atoms with E-state index in [9.17, 15) is 32.7 Å². The molecule has 45 heavy (non-hydrogen) atoms. The summed E-state index contributed by atoms with van der Waals surface area (Å²) in [6.07, 6.45) is 0.650. The van der Waals surface area contributed by atoms with Crippen LogP contribution in [0.3, 0.4) is 0 Å². The maximum absolute atomic E-state index is 14.2. The number of aromatic nitrogens is 1. The molecule has 0 aliphatic carbocycles. The fourth-order valence-corrected chi connectivity index (χ4v) is 5.00. The lowest BCUT2D eigenvalue weighted by atomic mass is 10.1. The number of fused-ring (bicyclic) bond motifs is 1. The van der Waals surface area contributed by atoms with E-state index in [0.29, 0.717) is 17.7 Å². The number of hydrogen-bond donors (Lipinski definition) is 3. The first-order valence-corrected chi connectivity index (χ1v) is 14.2. The van der Waals surface area contributed by atoms with E-state index >= 15 is 0 Å². The second-order valence-electron chi connectivity index (χ2n) is 10.4. The van der Waals surface area contributed by atoms with Gasteiger partial charge >= 0.3 is 0 Å². The molecule has 3 aromatic carbocycles. The highest BCUT2D eigenvalue weighted by molar-refractivity contribution is 5.99. The van der Waals surface area contributed by atoms with Crippen LogP contribution >= 0.6 is 0 Å². The maximum atomic E-state index is 14.2. The van der Waals surface area contributed by atoms with Crippen molar-refractivity contribution in [1.82, 2.24) is 15.2 Å². The van der Waals surface area contributed by atoms with Crippen molar-refractivity contribution in [1.29, 1.82) is 0 Å². The average molecular weight is 622 g/mol. The predicted molar refractivity (Wildman–Crippen MR) is 157 cm³/mol. The van der Waals surface area contributed by atoms with E-state index in [-0.39, 0.29) is 44.0 Å². The number of benzene rings is 3. The monoisotopic (exact) mass is 621 g/mol. The van der Waals surface area contributed by atoms with E-state index in [4.69, 9.17) is 9.47 Å². The fourth-order valence-electron chi connectivity index (χ4n) is 5.00. The molecular weight excluding hydrogens is 591 g/mol. The average Bonchev–Trinajstić information content (AvgIpc) is 3.02. The number of aliphatic hydroxyl groups excluding tert-OH is 1. The number of pyridine rings is 1. The van der Waals surface area contributed by atoms with E-state index in [2.05, 4.69) is 10.6 Å². The van der Waals surface area contributed by atoms with Crippen molar-refractivity contribution in [3.8, 4) is 5.75 Å². The Morgan fingerprint density at radius 3 is 2.31 bits per heavy atom. The highest BCUT2D eigenvalue weighted by atomic mass is 19.1. The molecule has 12 heteroatoms. The van der Waals surface area contributed by atoms with Crippen LogP contribution in [0.25, 0.3) is 0 Å². The fraction of sp³-hybridized carbons (Fsp3) is 0.242. The van der Waals surface area contributed by atoms with Crippen LogP contribution in [-0.2, 0) is 24.3 Å². The van der Waals surface area contributed by atoms with Gasteiger partial charge in [-0.3, -0.25) is 14.4 Å². The molecule has 0 saturated heterocycles. The van der Waals surface area contributed by atoms with Crippen molar-refractivity contribution in [2.75, 3.05) is 13.2 Å². The van der Waals surface area contributed by atoms with E-state index in [1.54, 1.807) is 30.3 Å². The van der Waals surface area contributed by atoms with E-state index in [1.165, 1.54) is 10.8 Å². The van der Waals surface area contributed by atoms with Gasteiger partial charge in [-0.25, -0.2) is 13.2 Å². The van der Waals surface area contributed by atoms with Crippen LogP contribution in [-0.4, -0.2) is 40.9 Å². The largest absolute Gasteiger partial charge is 0.483 e. The molecule has 3 N–H and O–H groups in total. The SMILES string of the molecule is O=C(NCc1c(F)cc(F)cc1F)c1cn2c(c(OCc3ccccc3)c1=O)C(=O)NC[C@@H]2CCOC(O)Cc1ccccc1. The quantitative estimate of drug-likeness (QED) is 0.206. The van der Waals surface area contributed by atoms with E-state index < -0.39 is 64.7 Å². The first-order valence-electron chi connectivity index (χ1n) is 14.2. The van der Waals surface area contributed by atoms with Crippen molar-refractivity contribution in [3.05, 3.63) is 135 Å². The molecule has 0 bridgehead atoms. The second kappa shape index (κ2) is 14.2. The second-order valence-corrected chi connectivity index (χ2v) is 10.4. The van der Waals surface area contributed by atoms with Crippen LogP contribution in [0.2, 0.25) is 0 Å². The molecule has 1 aliphatic rings. The lowest BCUT2D eigenvalue weighted by Crippen LogP contribution is -2.43. The van der Waals surface area contributed by atoms with Crippen molar-refractivity contribution in [3.63, 3.8) is 0 Å². The lowest BCUT2D eigenvalue weighted by Gasteiger charge is -2.30. The first kappa shape index (κ1) is 31.5. The van der Waals surface area contributed by atoms with Gasteiger partial charge in [0.2, 0.25) is 5.43 Å². The number of nitrogens with one attached hydrogen (secondary N) is 2. The molecule has 1 unspecified atom stereocenters. The van der Waals surface area contributed by atoms with Crippen LogP contribution in [0.1, 0.15) is 50.0 Å². The van der Waals surface area contributed by atoms with Crippen molar-refractivity contribution in [2.45, 2.75) is 38.3 Å². The number of amides is 2. The minimum absolute atomic E-state index is 0.0744. The summed E-state index contributed by atoms with van der Waals surface area (Å²) in [7, 11) is 0. The Labute approximate surface area is 256 Å². The molecule has 0 radical (unpaired) electrons. The molecule has 9 nitrogen and oxygen atoms in total. The first-order chi connectivity index (χ1) is 21.7. The summed E-state index contributed by atoms with van der Waals surface area (Å²) < 4.78 is 54.6. The summed E-state index contributed by atoms with van der Waals surface area (Å²) in [5.74, 6) is -5.48. The summed E-state index contributed by atoms with van der Waals surface area (Å²) in [4.78, 5) is 39.9. The Morgan fingerprint density at radius 1 is 1.00 bits per heavy atom. The van der Waals surface area contributed by atoms with Gasteiger partial charge in [0.15, 0.2) is 17.7 Å². The van der Waals surface area contributed by atoms with Crippen LogP contribution < -0.4 is 20.8 Å². The van der Waals surface area contributed by atoms with Gasteiger partial charge in [0, 0.05) is 43.4 Å². The van der Waals surface area contributed by atoms with Gasteiger partial charge in [0.25, 0.3) is 11.8 Å². The number of ether oxygens (including phenoxy) is 2. The zero-order chi connectivity index (χ0) is 31.9. The highest BCUT2D eigenvalue weighted by Gasteiger charge is 2.32. The van der Waals surface area contributed by atoms with Crippen LogP contribution in [0, 0.1) is 17.5 Å². The van der Waals surface area contributed by atoms with Crippen molar-refractivity contribution < 1.29 is 37.3 Å². The summed E-state index contributed by atoms with van der Waals surface area (Å²) in [6.45, 7) is -0.564. The van der Waals surface area contributed by atoms with Gasteiger partial charge in [-0.05, 0) is 17.5 Å². The summed E-state index contributed by atoms with van der Waals surface area (Å²) in [6, 6.07) is 18.6. The molecule has 0 spiro atoms. The molecule has 0 saturated carbocycles. The van der Waals surface area contributed by atoms with Crippen LogP contribution in [0.15, 0.2) is 83.8 Å². The number of carbonyl (C=O) groups excluding carboxylic acids is 2. The van der Waals surface area contributed by atoms with Gasteiger partial charge in [-0.1, -0.05) is 60.7 Å². The number of carbonyl (C=O) groups is 2. The molecule has 234 valence electrons. The van der Waals surface area contributed by atoms with E-state index in [0.717, 1.165) is 5.56 Å². The third-order valence-corrected chi connectivity index (χ3v) is 7.32. The van der Waals surface area contributed by atoms with Gasteiger partial charge in [-0.15, -0.1) is 0 Å². The molecule has 2 atom stereocenters. The third kappa shape index (κ3) is 7.59. The Morgan fingerprint density at radius 2 is 1.64 bits per heavy atom. The smallest absolute Gasteiger partial charge is 0.272 e. The van der Waals surface area contributed by atoms with Crippen LogP contribution in [0.5, 0.6) is 5.75 Å². The lowest BCUT2D eigenvalue weighted by molar-refractivity contribution is -0.100. The Balaban J connectivity index is 1.41. The summed E-state index contributed by atoms with van der Waals surface area (Å²) >= 11 is 0. The third-order valence-electron chi connectivity index (χ3n) is 7.32. The van der Waals surface area contributed by atoms with Crippen molar-refractivity contribution >= 4 is 11.8 Å². The molecule has 0 fully saturated rings. The molecule has 1 aromatic heterocycles. The Bertz CT molecular complexity index is 1710. The number of nitrogens with zero attached hydrogens (tertiary/aromatic N) is 1. The predicted octanol–water partition coefficient (Wildman–Crippen LogP) is 4.03. The molecule has 5 rings (SSSR count). The zero-order valence-electron chi connectivity index (χ0n) is 24.0. The summed E-state index contributed by atoms with van der Waals surface area (Å²) in [5, 5.41) is 15.4. The summed E-state index contributed by atoms with van der Waals surface area (Å²) in [5.41, 5.74) is -0.458. The highest BCUT2D eigenvalue weighted by Crippen LogP contribution is 2.26. The minimum Gasteiger partial charge on any atom is -0.483 e. The zero-order valence-corrected chi connectivity index (χ0v) is 24.0. The standard InChI is InChI=1S/C33H30F3N3O6/c34-22-14-26(35)24(27(36)15-22)17-38-32(42)25-18-39-23(11-12-44-28(40)13-20-7-3-1-4-8-20)16-37-33(43)29(39)31(30(25)41)45-19-21-9-5-2-6-10-21/h1-10,14-15,18,23,28,40H,11-13,16-17,19H2,(H,37,43)(H,38,42)/t23-,28?/m0/s1. The normalized spacial score (nSPS) is 14.8. The number of rotatable bonds is 12. The van der Waals surface area contributed by atoms with Gasteiger partial charge in [0.05, 0.1) is 12.6 Å². The maximum Gasteiger partial charge on any atom is 0.272 e. The Hall–Kier alpha value is -4.94. The molecular formula is C33H30F3N3O6. The van der Waals surface area contributed by atoms with E-state index in [1.807, 2.05) is 30.3 Å². The topological polar surface area (TPSA) is 119 Å². The van der Waals surface area contributed by atoms with Crippen LogP contribution in [0.4, 0.5) is 13.2 Å². The van der Waals surface area contributed by atoms with Gasteiger partial charge in [0.1, 0.15) is 29.6 Å². The van der Waals surface area contributed by atoms with Gasteiger partial charge < -0.3 is 29.8 Å². The number of aliphatic hydroxyl groups is 1. The molecule has 1 aliphatic heterocycles. The number of hydrogen-bond acceptors (Lipinski definition) is 6. The molecule has 2 heterocycles.